The molecular formula is C50H83NO5S. The molecule has 2 unspecified atom stereocenters. The van der Waals surface area contributed by atoms with Gasteiger partial charge in [0.2, 0.25) is 5.91 Å². The summed E-state index contributed by atoms with van der Waals surface area (Å²) in [5, 5.41) is 13.2. The molecule has 0 aromatic heterocycles. The molecule has 0 saturated carbocycles. The minimum Gasteiger partial charge on any atom is -0.387 e. The second kappa shape index (κ2) is 42.6. The summed E-state index contributed by atoms with van der Waals surface area (Å²) in [5.41, 5.74) is 0. The van der Waals surface area contributed by atoms with Crippen LogP contribution in [-0.2, 0) is 14.9 Å². The van der Waals surface area contributed by atoms with Gasteiger partial charge in [-0.15, -0.1) is 0 Å². The summed E-state index contributed by atoms with van der Waals surface area (Å²) in [4.78, 5) is 12.5. The Hall–Kier alpha value is -3.00. The normalized spacial score (nSPS) is 14.2. The van der Waals surface area contributed by atoms with Crippen LogP contribution >= 0.6 is 0 Å². The fourth-order valence-corrected chi connectivity index (χ4v) is 6.81. The molecule has 2 atom stereocenters. The number of hydrogen-bond donors (Lipinski definition) is 3. The zero-order chi connectivity index (χ0) is 41.8. The average molecular weight is 810 g/mol. The van der Waals surface area contributed by atoms with E-state index < -0.39 is 28.0 Å². The zero-order valence-corrected chi connectivity index (χ0v) is 37.0. The summed E-state index contributed by atoms with van der Waals surface area (Å²) < 4.78 is 32.6. The number of allylic oxidation sites excluding steroid dienone is 17. The van der Waals surface area contributed by atoms with Crippen molar-refractivity contribution in [3.8, 4) is 0 Å². The Morgan fingerprint density at radius 1 is 0.491 bits per heavy atom. The number of rotatable bonds is 39. The van der Waals surface area contributed by atoms with Crippen LogP contribution < -0.4 is 5.32 Å². The largest absolute Gasteiger partial charge is 0.387 e. The van der Waals surface area contributed by atoms with Crippen LogP contribution in [-0.4, -0.2) is 41.9 Å². The highest BCUT2D eigenvalue weighted by Gasteiger charge is 2.24. The lowest BCUT2D eigenvalue weighted by atomic mass is 10.1. The maximum atomic E-state index is 12.5. The van der Waals surface area contributed by atoms with Crippen molar-refractivity contribution in [3.05, 3.63) is 109 Å². The first-order valence-corrected chi connectivity index (χ1v) is 24.2. The number of carbonyl (C=O) groups excluding carboxylic acids is 1. The van der Waals surface area contributed by atoms with Gasteiger partial charge in [-0.1, -0.05) is 187 Å². The van der Waals surface area contributed by atoms with Crippen molar-refractivity contribution in [3.63, 3.8) is 0 Å². The van der Waals surface area contributed by atoms with Crippen LogP contribution in [0.2, 0.25) is 0 Å². The maximum absolute atomic E-state index is 12.5. The van der Waals surface area contributed by atoms with Crippen LogP contribution in [0.25, 0.3) is 0 Å². The Balaban J connectivity index is 4.05. The highest BCUT2D eigenvalue weighted by atomic mass is 32.2. The summed E-state index contributed by atoms with van der Waals surface area (Å²) >= 11 is 0. The summed E-state index contributed by atoms with van der Waals surface area (Å²) in [6, 6.07) is -1.10. The molecule has 0 spiro atoms. The Morgan fingerprint density at radius 2 is 0.860 bits per heavy atom. The van der Waals surface area contributed by atoms with Crippen LogP contribution in [0, 0.1) is 0 Å². The Kier molecular flexibility index (Phi) is 40.4. The number of aliphatic hydroxyl groups excluding tert-OH is 1. The molecule has 0 aromatic carbocycles. The molecule has 57 heavy (non-hydrogen) atoms. The van der Waals surface area contributed by atoms with Gasteiger partial charge < -0.3 is 10.4 Å². The van der Waals surface area contributed by atoms with E-state index in [1.165, 1.54) is 63.9 Å². The first-order valence-electron chi connectivity index (χ1n) is 22.6. The molecule has 0 aliphatic rings. The Morgan fingerprint density at radius 3 is 1.32 bits per heavy atom. The molecule has 0 aliphatic carbocycles. The number of aliphatic hydroxyl groups is 1. The molecule has 0 heterocycles. The van der Waals surface area contributed by atoms with E-state index in [0.29, 0.717) is 12.8 Å². The quantitative estimate of drug-likeness (QED) is 0.0326. The van der Waals surface area contributed by atoms with Crippen LogP contribution in [0.4, 0.5) is 0 Å². The van der Waals surface area contributed by atoms with E-state index in [1.54, 1.807) is 6.08 Å². The molecule has 0 aromatic rings. The summed E-state index contributed by atoms with van der Waals surface area (Å²) in [6.07, 6.45) is 65.0. The molecule has 1 amide bonds. The van der Waals surface area contributed by atoms with E-state index in [9.17, 15) is 22.9 Å². The molecule has 324 valence electrons. The van der Waals surface area contributed by atoms with Gasteiger partial charge in [-0.3, -0.25) is 9.35 Å². The monoisotopic (exact) mass is 810 g/mol. The van der Waals surface area contributed by atoms with Crippen molar-refractivity contribution in [2.75, 3.05) is 5.75 Å². The lowest BCUT2D eigenvalue weighted by Crippen LogP contribution is -2.46. The minimum atomic E-state index is -4.38. The van der Waals surface area contributed by atoms with Gasteiger partial charge in [-0.2, -0.15) is 8.42 Å². The van der Waals surface area contributed by atoms with Gasteiger partial charge in [0.1, 0.15) is 0 Å². The van der Waals surface area contributed by atoms with Crippen molar-refractivity contribution < 1.29 is 22.9 Å². The SMILES string of the molecule is CC/C=C\C/C=C\C/C=C\C/C=C\C/C=C\C/C=C\CCCCCCC(=O)NC(CS(=O)(=O)O)C(O)/C=C/CC/C=C/CC/C=C/CCCCCCCCCCC. The van der Waals surface area contributed by atoms with Crippen molar-refractivity contribution in [1.82, 2.24) is 5.32 Å². The second-order valence-corrected chi connectivity index (χ2v) is 16.4. The van der Waals surface area contributed by atoms with E-state index >= 15 is 0 Å². The smallest absolute Gasteiger partial charge is 0.267 e. The van der Waals surface area contributed by atoms with Gasteiger partial charge in [0.25, 0.3) is 10.1 Å². The Bertz CT molecular complexity index is 1300. The van der Waals surface area contributed by atoms with Crippen LogP contribution in [0.1, 0.15) is 181 Å². The number of nitrogens with one attached hydrogen (secondary N) is 1. The fraction of sp³-hybridized carbons (Fsp3) is 0.620. The van der Waals surface area contributed by atoms with Gasteiger partial charge in [0, 0.05) is 6.42 Å². The lowest BCUT2D eigenvalue weighted by molar-refractivity contribution is -0.122. The van der Waals surface area contributed by atoms with E-state index in [-0.39, 0.29) is 12.3 Å². The molecule has 0 rings (SSSR count). The minimum absolute atomic E-state index is 0.248. The topological polar surface area (TPSA) is 104 Å². The summed E-state index contributed by atoms with van der Waals surface area (Å²) in [6.45, 7) is 4.41. The molecule has 0 saturated heterocycles. The van der Waals surface area contributed by atoms with E-state index in [1.807, 2.05) is 0 Å². The van der Waals surface area contributed by atoms with Gasteiger partial charge in [0.05, 0.1) is 17.9 Å². The lowest BCUT2D eigenvalue weighted by Gasteiger charge is -2.21. The highest BCUT2D eigenvalue weighted by molar-refractivity contribution is 7.85. The molecule has 0 radical (unpaired) electrons. The molecule has 6 nitrogen and oxygen atoms in total. The predicted molar refractivity (Wildman–Crippen MR) is 248 cm³/mol. The van der Waals surface area contributed by atoms with Crippen LogP contribution in [0.3, 0.4) is 0 Å². The maximum Gasteiger partial charge on any atom is 0.267 e. The number of hydrogen-bond acceptors (Lipinski definition) is 4. The fourth-order valence-electron chi connectivity index (χ4n) is 6.07. The van der Waals surface area contributed by atoms with E-state index in [2.05, 4.69) is 116 Å². The first-order chi connectivity index (χ1) is 27.8. The molecule has 0 aliphatic heterocycles. The molecule has 3 N–H and O–H groups in total. The molecular weight excluding hydrogens is 727 g/mol. The van der Waals surface area contributed by atoms with Gasteiger partial charge >= 0.3 is 0 Å². The van der Waals surface area contributed by atoms with Crippen molar-refractivity contribution in [1.29, 1.82) is 0 Å². The Labute approximate surface area is 351 Å². The van der Waals surface area contributed by atoms with Crippen molar-refractivity contribution in [2.24, 2.45) is 0 Å². The molecule has 7 heteroatoms. The van der Waals surface area contributed by atoms with Crippen LogP contribution in [0.5, 0.6) is 0 Å². The van der Waals surface area contributed by atoms with Crippen molar-refractivity contribution >= 4 is 16.0 Å². The van der Waals surface area contributed by atoms with E-state index in [4.69, 9.17) is 0 Å². The van der Waals surface area contributed by atoms with Crippen LogP contribution in [0.15, 0.2) is 109 Å². The van der Waals surface area contributed by atoms with E-state index in [0.717, 1.165) is 89.9 Å². The molecule has 0 fully saturated rings. The number of carbonyl (C=O) groups is 1. The standard InChI is InChI=1S/C50H83NO5S/c1-3-5-7-9-11-13-15-17-19-21-23-24-25-26-28-30-32-34-36-38-40-42-44-46-50(53)51-48(47-57(54,55)56)49(52)45-43-41-39-37-35-33-31-29-27-22-20-18-16-14-12-10-8-6-4-2/h5,7,11,13,17,19,23-24,26-29,32,34-35,37,43,45,48-49,52H,3-4,6,8-10,12,14-16,18,20-22,25,30-31,33,36,38-42,44,46-47H2,1-2H3,(H,51,53)(H,54,55,56)/b7-5-,13-11-,19-17-,24-23-,28-26-,29-27+,34-32-,37-35+,45-43+. The number of unbranched alkanes of at least 4 members (excludes halogenated alkanes) is 15. The van der Waals surface area contributed by atoms with Gasteiger partial charge in [-0.05, 0) is 96.3 Å². The molecule has 0 bridgehead atoms. The third-order valence-electron chi connectivity index (χ3n) is 9.41. The average Bonchev–Trinajstić information content (AvgIpc) is 3.18. The number of amides is 1. The van der Waals surface area contributed by atoms with Gasteiger partial charge in [0.15, 0.2) is 0 Å². The summed E-state index contributed by atoms with van der Waals surface area (Å²) in [7, 11) is -4.38. The van der Waals surface area contributed by atoms with Crippen molar-refractivity contribution in [2.45, 2.75) is 193 Å². The summed E-state index contributed by atoms with van der Waals surface area (Å²) in [5.74, 6) is -1.05. The third-order valence-corrected chi connectivity index (χ3v) is 10.2. The predicted octanol–water partition coefficient (Wildman–Crippen LogP) is 13.9. The zero-order valence-electron chi connectivity index (χ0n) is 36.2. The third kappa shape index (κ3) is 44.0. The van der Waals surface area contributed by atoms with Gasteiger partial charge in [-0.25, -0.2) is 0 Å². The highest BCUT2D eigenvalue weighted by Crippen LogP contribution is 2.12. The first kappa shape index (κ1) is 54.0. The second-order valence-electron chi connectivity index (χ2n) is 14.9.